The summed E-state index contributed by atoms with van der Waals surface area (Å²) in [6, 6.07) is 47.7. The highest BCUT2D eigenvalue weighted by atomic mass is 32.2. The zero-order valence-corrected chi connectivity index (χ0v) is 24.2. The molecule has 210 valence electrons. The molecule has 1 aliphatic heterocycles. The molecule has 0 spiro atoms. The molecule has 0 amide bonds. The van der Waals surface area contributed by atoms with E-state index in [1.165, 1.54) is 4.31 Å². The Labute approximate surface area is 253 Å². The third-order valence-electron chi connectivity index (χ3n) is 8.45. The Hall–Kier alpha value is -5.66. The van der Waals surface area contributed by atoms with Crippen LogP contribution in [0.15, 0.2) is 150 Å². The van der Waals surface area contributed by atoms with Crippen molar-refractivity contribution in [3.05, 3.63) is 146 Å². The molecule has 0 saturated carbocycles. The molecule has 0 aliphatic carbocycles. The van der Waals surface area contributed by atoms with Crippen molar-refractivity contribution in [1.29, 1.82) is 0 Å². The second kappa shape index (κ2) is 9.17. The van der Waals surface area contributed by atoms with Crippen LogP contribution in [0.2, 0.25) is 0 Å². The Bertz CT molecular complexity index is 2520. The van der Waals surface area contributed by atoms with E-state index in [-0.39, 0.29) is 4.90 Å². The van der Waals surface area contributed by atoms with Gasteiger partial charge >= 0.3 is 0 Å². The van der Waals surface area contributed by atoms with Gasteiger partial charge in [0.2, 0.25) is 5.95 Å². The standard InChI is InChI=1S/C37H24N4O2S/c42-44(43)36-24-26(25-19-21-33-30(23-25)29-15-7-9-17-32(29)39(33)27-11-3-1-4-12-27)20-22-35(36)40-34-18-10-8-16-31(34)38-37(40)41(44)28-13-5-2-6-14-28/h1-24H. The normalized spacial score (nSPS) is 13.8. The molecule has 0 atom stereocenters. The monoisotopic (exact) mass is 588 g/mol. The van der Waals surface area contributed by atoms with Crippen molar-refractivity contribution in [2.45, 2.75) is 4.90 Å². The van der Waals surface area contributed by atoms with Gasteiger partial charge in [0.1, 0.15) is 4.90 Å². The fraction of sp³-hybridized carbons (Fsp3) is 0. The SMILES string of the molecule is O=S1(=O)c2cc(-c3ccc4c(c3)c3ccccc3n4-c3ccccc3)ccc2-n2c(nc3ccccc32)N1c1ccccc1. The first-order chi connectivity index (χ1) is 21.6. The summed E-state index contributed by atoms with van der Waals surface area (Å²) < 4.78 is 34.5. The highest BCUT2D eigenvalue weighted by molar-refractivity contribution is 7.93. The molecule has 6 aromatic carbocycles. The maximum Gasteiger partial charge on any atom is 0.273 e. The van der Waals surface area contributed by atoms with Crippen LogP contribution in [0.4, 0.5) is 11.6 Å². The van der Waals surface area contributed by atoms with Crippen LogP contribution < -0.4 is 4.31 Å². The van der Waals surface area contributed by atoms with Gasteiger partial charge in [-0.05, 0) is 77.9 Å². The number of para-hydroxylation sites is 5. The molecule has 0 bridgehead atoms. The van der Waals surface area contributed by atoms with E-state index in [1.54, 1.807) is 18.2 Å². The van der Waals surface area contributed by atoms with Gasteiger partial charge in [0.15, 0.2) is 0 Å². The van der Waals surface area contributed by atoms with E-state index >= 15 is 0 Å². The van der Waals surface area contributed by atoms with Crippen LogP contribution in [0.3, 0.4) is 0 Å². The average Bonchev–Trinajstić information content (AvgIpc) is 3.61. The van der Waals surface area contributed by atoms with Crippen molar-refractivity contribution in [3.8, 4) is 22.5 Å². The van der Waals surface area contributed by atoms with Crippen molar-refractivity contribution >= 4 is 54.5 Å². The summed E-state index contributed by atoms with van der Waals surface area (Å²) in [5, 5.41) is 2.25. The summed E-state index contributed by atoms with van der Waals surface area (Å²) in [6.07, 6.45) is 0. The Kier molecular flexibility index (Phi) is 5.19. The third-order valence-corrected chi connectivity index (χ3v) is 10.2. The predicted molar refractivity (Wildman–Crippen MR) is 177 cm³/mol. The lowest BCUT2D eigenvalue weighted by Crippen LogP contribution is -2.33. The molecule has 0 radical (unpaired) electrons. The van der Waals surface area contributed by atoms with Crippen molar-refractivity contribution in [2.24, 2.45) is 0 Å². The minimum Gasteiger partial charge on any atom is -0.309 e. The second-order valence-corrected chi connectivity index (χ2v) is 12.7. The fourth-order valence-electron chi connectivity index (χ4n) is 6.50. The summed E-state index contributed by atoms with van der Waals surface area (Å²) in [5.41, 5.74) is 7.79. The van der Waals surface area contributed by atoms with Gasteiger partial charge in [-0.25, -0.2) is 17.7 Å². The van der Waals surface area contributed by atoms with E-state index in [1.807, 2.05) is 77.4 Å². The predicted octanol–water partition coefficient (Wildman–Crippen LogP) is 8.63. The minimum atomic E-state index is -3.99. The fourth-order valence-corrected chi connectivity index (χ4v) is 8.14. The summed E-state index contributed by atoms with van der Waals surface area (Å²) in [5.74, 6) is 0.354. The second-order valence-electron chi connectivity index (χ2n) is 10.9. The van der Waals surface area contributed by atoms with Gasteiger partial charge in [-0.15, -0.1) is 0 Å². The van der Waals surface area contributed by atoms with E-state index in [0.29, 0.717) is 17.3 Å². The van der Waals surface area contributed by atoms with Crippen LogP contribution >= 0.6 is 0 Å². The summed E-state index contributed by atoms with van der Waals surface area (Å²) in [6.45, 7) is 0. The number of sulfonamides is 1. The van der Waals surface area contributed by atoms with Crippen molar-refractivity contribution in [3.63, 3.8) is 0 Å². The molecular formula is C37H24N4O2S. The average molecular weight is 589 g/mol. The molecule has 8 aromatic rings. The number of fused-ring (bicyclic) bond motifs is 8. The van der Waals surface area contributed by atoms with Gasteiger partial charge in [-0.2, -0.15) is 0 Å². The van der Waals surface area contributed by atoms with Gasteiger partial charge in [0.05, 0.1) is 33.4 Å². The number of nitrogens with zero attached hydrogens (tertiary/aromatic N) is 4. The van der Waals surface area contributed by atoms with E-state index in [4.69, 9.17) is 4.98 Å². The lowest BCUT2D eigenvalue weighted by molar-refractivity contribution is 0.592. The quantitative estimate of drug-likeness (QED) is 0.208. The molecule has 0 N–H and O–H groups in total. The summed E-state index contributed by atoms with van der Waals surface area (Å²) in [4.78, 5) is 5.02. The van der Waals surface area contributed by atoms with Crippen LogP contribution in [0.25, 0.3) is 55.3 Å². The van der Waals surface area contributed by atoms with Crippen LogP contribution in [-0.4, -0.2) is 22.5 Å². The van der Waals surface area contributed by atoms with E-state index < -0.39 is 10.0 Å². The first kappa shape index (κ1) is 24.9. The largest absolute Gasteiger partial charge is 0.309 e. The number of hydrogen-bond donors (Lipinski definition) is 0. The first-order valence-electron chi connectivity index (χ1n) is 14.4. The number of aromatic nitrogens is 3. The van der Waals surface area contributed by atoms with Crippen LogP contribution in [0, 0.1) is 0 Å². The summed E-state index contributed by atoms with van der Waals surface area (Å²) >= 11 is 0. The molecular weight excluding hydrogens is 565 g/mol. The zero-order valence-electron chi connectivity index (χ0n) is 23.4. The van der Waals surface area contributed by atoms with E-state index in [9.17, 15) is 8.42 Å². The Balaban J connectivity index is 1.28. The molecule has 1 aliphatic rings. The maximum absolute atomic E-state index is 14.4. The topological polar surface area (TPSA) is 60.1 Å². The Morgan fingerprint density at radius 3 is 1.91 bits per heavy atom. The highest BCUT2D eigenvalue weighted by Crippen LogP contribution is 2.44. The molecule has 0 unspecified atom stereocenters. The molecule has 44 heavy (non-hydrogen) atoms. The molecule has 3 heterocycles. The van der Waals surface area contributed by atoms with Crippen LogP contribution in [0.1, 0.15) is 0 Å². The molecule has 0 saturated heterocycles. The van der Waals surface area contributed by atoms with Crippen molar-refractivity contribution in [2.75, 3.05) is 4.31 Å². The van der Waals surface area contributed by atoms with E-state index in [0.717, 1.165) is 49.7 Å². The Morgan fingerprint density at radius 2 is 1.11 bits per heavy atom. The van der Waals surface area contributed by atoms with Gasteiger partial charge in [-0.1, -0.05) is 78.9 Å². The lowest BCUT2D eigenvalue weighted by Gasteiger charge is -2.30. The number of hydrogen-bond acceptors (Lipinski definition) is 3. The molecule has 9 rings (SSSR count). The third kappa shape index (κ3) is 3.47. The van der Waals surface area contributed by atoms with Crippen LogP contribution in [-0.2, 0) is 10.0 Å². The van der Waals surface area contributed by atoms with Gasteiger partial charge < -0.3 is 4.57 Å². The van der Waals surface area contributed by atoms with Crippen LogP contribution in [0.5, 0.6) is 0 Å². The smallest absolute Gasteiger partial charge is 0.273 e. The van der Waals surface area contributed by atoms with Gasteiger partial charge in [0, 0.05) is 16.5 Å². The molecule has 2 aromatic heterocycles. The first-order valence-corrected chi connectivity index (χ1v) is 15.8. The molecule has 7 heteroatoms. The minimum absolute atomic E-state index is 0.237. The van der Waals surface area contributed by atoms with E-state index in [2.05, 4.69) is 59.2 Å². The molecule has 0 fully saturated rings. The number of imidazole rings is 1. The van der Waals surface area contributed by atoms with Crippen molar-refractivity contribution < 1.29 is 8.42 Å². The number of rotatable bonds is 3. The zero-order chi connectivity index (χ0) is 29.4. The lowest BCUT2D eigenvalue weighted by atomic mass is 10.0. The highest BCUT2D eigenvalue weighted by Gasteiger charge is 2.39. The number of benzene rings is 6. The van der Waals surface area contributed by atoms with Gasteiger partial charge in [0.25, 0.3) is 10.0 Å². The van der Waals surface area contributed by atoms with Crippen molar-refractivity contribution in [1.82, 2.24) is 14.1 Å². The summed E-state index contributed by atoms with van der Waals surface area (Å²) in [7, 11) is -3.99. The number of anilines is 2. The Morgan fingerprint density at radius 1 is 0.500 bits per heavy atom. The van der Waals surface area contributed by atoms with Gasteiger partial charge in [-0.3, -0.25) is 4.57 Å². The molecule has 6 nitrogen and oxygen atoms in total. The maximum atomic E-state index is 14.4.